The number of rotatable bonds is 3. The first kappa shape index (κ1) is 12.7. The Labute approximate surface area is 119 Å². The number of imidazole rings is 1. The molecule has 0 amide bonds. The molecule has 20 heavy (non-hydrogen) atoms. The molecule has 0 atom stereocenters. The van der Waals surface area contributed by atoms with E-state index in [0.29, 0.717) is 5.82 Å². The monoisotopic (exact) mass is 284 g/mol. The molecule has 2 heterocycles. The zero-order valence-electron chi connectivity index (χ0n) is 11.0. The first-order valence-electron chi connectivity index (χ1n) is 6.01. The molecule has 5 nitrogen and oxygen atoms in total. The minimum Gasteiger partial charge on any atom is -0.338 e. The molecule has 2 aromatic heterocycles. The topological polar surface area (TPSA) is 63.0 Å². The van der Waals surface area contributed by atoms with Crippen LogP contribution in [0.25, 0.3) is 22.2 Å². The van der Waals surface area contributed by atoms with Crippen LogP contribution in [-0.2, 0) is 11.8 Å². The van der Waals surface area contributed by atoms with Gasteiger partial charge in [-0.15, -0.1) is 4.99 Å². The minimum atomic E-state index is 0.511. The van der Waals surface area contributed by atoms with E-state index in [1.165, 1.54) is 0 Å². The molecule has 0 saturated carbocycles. The van der Waals surface area contributed by atoms with E-state index >= 15 is 0 Å². The highest BCUT2D eigenvalue weighted by atomic mass is 32.2. The van der Waals surface area contributed by atoms with Gasteiger partial charge in [0.15, 0.2) is 11.0 Å². The molecule has 0 radical (unpaired) electrons. The number of aromatic nitrogens is 3. The van der Waals surface area contributed by atoms with Crippen LogP contribution < -0.4 is 0 Å². The first-order chi connectivity index (χ1) is 9.76. The van der Waals surface area contributed by atoms with Gasteiger partial charge in [0, 0.05) is 18.0 Å². The maximum Gasteiger partial charge on any atom is 0.242 e. The van der Waals surface area contributed by atoms with Gasteiger partial charge in [0.2, 0.25) is 6.08 Å². The normalized spacial score (nSPS) is 10.7. The van der Waals surface area contributed by atoms with Crippen LogP contribution in [0.3, 0.4) is 0 Å². The van der Waals surface area contributed by atoms with Gasteiger partial charge in [-0.05, 0) is 12.3 Å². The summed E-state index contributed by atoms with van der Waals surface area (Å²) in [7, 11) is 1.95. The van der Waals surface area contributed by atoms with E-state index in [1.807, 2.05) is 42.1 Å². The van der Waals surface area contributed by atoms with Crippen LogP contribution >= 0.6 is 11.8 Å². The third-order valence-electron chi connectivity index (χ3n) is 3.23. The average molecular weight is 284 g/mol. The Morgan fingerprint density at radius 2 is 2.20 bits per heavy atom. The van der Waals surface area contributed by atoms with Crippen LogP contribution in [0.1, 0.15) is 0 Å². The van der Waals surface area contributed by atoms with Crippen LogP contribution in [0.5, 0.6) is 0 Å². The maximum atomic E-state index is 10.6. The Balaban J connectivity index is 2.35. The van der Waals surface area contributed by atoms with Gasteiger partial charge >= 0.3 is 0 Å². The molecule has 0 unspecified atom stereocenters. The number of isocyanates is 1. The summed E-state index contributed by atoms with van der Waals surface area (Å²) in [5.74, 6) is 0.511. The summed E-state index contributed by atoms with van der Waals surface area (Å²) < 4.78 is 1.99. The number of fused-ring (bicyclic) bond motifs is 1. The maximum absolute atomic E-state index is 10.6. The zero-order chi connectivity index (χ0) is 14.1. The number of H-pyrrole nitrogens is 1. The summed E-state index contributed by atoms with van der Waals surface area (Å²) in [4.78, 5) is 21.9. The fraction of sp³-hybridized carbons (Fsp3) is 0.143. The second kappa shape index (κ2) is 5.00. The van der Waals surface area contributed by atoms with E-state index in [4.69, 9.17) is 0 Å². The lowest BCUT2D eigenvalue weighted by molar-refractivity contribution is 0.565. The van der Waals surface area contributed by atoms with Crippen molar-refractivity contribution in [3.8, 4) is 11.3 Å². The highest BCUT2D eigenvalue weighted by Crippen LogP contribution is 2.37. The molecule has 0 aliphatic rings. The van der Waals surface area contributed by atoms with Crippen molar-refractivity contribution in [3.63, 3.8) is 0 Å². The molecule has 1 aromatic carbocycles. The molecular formula is C14H12N4OS. The second-order valence-electron chi connectivity index (χ2n) is 4.29. The number of para-hydroxylation sites is 1. The van der Waals surface area contributed by atoms with Crippen molar-refractivity contribution in [1.82, 2.24) is 14.5 Å². The Morgan fingerprint density at radius 3 is 2.90 bits per heavy atom. The van der Waals surface area contributed by atoms with Crippen LogP contribution in [0, 0.1) is 0 Å². The summed E-state index contributed by atoms with van der Waals surface area (Å²) in [5.41, 5.74) is 2.73. The minimum absolute atomic E-state index is 0.511. The Bertz CT molecular complexity index is 827. The lowest BCUT2D eigenvalue weighted by atomic mass is 10.1. The van der Waals surface area contributed by atoms with Crippen LogP contribution in [0.4, 0.5) is 5.82 Å². The van der Waals surface area contributed by atoms with Crippen molar-refractivity contribution < 1.29 is 4.79 Å². The standard InChI is InChI=1S/C14H12N4OS/c1-18-11(7-15-14(18)20-2)12-9-5-3-4-6-10(9)17-13(12)16-8-19/h3-7,17H,1-2H3. The van der Waals surface area contributed by atoms with Gasteiger partial charge in [-0.1, -0.05) is 30.0 Å². The van der Waals surface area contributed by atoms with Crippen LogP contribution in [-0.4, -0.2) is 26.9 Å². The highest BCUT2D eigenvalue weighted by Gasteiger charge is 2.17. The number of thioether (sulfide) groups is 1. The summed E-state index contributed by atoms with van der Waals surface area (Å²) >= 11 is 1.57. The molecular weight excluding hydrogens is 272 g/mol. The van der Waals surface area contributed by atoms with Gasteiger partial charge in [0.05, 0.1) is 17.5 Å². The smallest absolute Gasteiger partial charge is 0.242 e. The third kappa shape index (κ3) is 1.86. The molecule has 0 saturated heterocycles. The number of nitrogens with zero attached hydrogens (tertiary/aromatic N) is 3. The van der Waals surface area contributed by atoms with Gasteiger partial charge < -0.3 is 9.55 Å². The van der Waals surface area contributed by atoms with E-state index < -0.39 is 0 Å². The van der Waals surface area contributed by atoms with E-state index in [-0.39, 0.29) is 0 Å². The molecule has 3 aromatic rings. The summed E-state index contributed by atoms with van der Waals surface area (Å²) in [5, 5.41) is 1.92. The van der Waals surface area contributed by atoms with Gasteiger partial charge in [0.25, 0.3) is 0 Å². The van der Waals surface area contributed by atoms with Gasteiger partial charge in [-0.25, -0.2) is 9.78 Å². The molecule has 0 bridgehead atoms. The van der Waals surface area contributed by atoms with Crippen molar-refractivity contribution in [1.29, 1.82) is 0 Å². The molecule has 6 heteroatoms. The van der Waals surface area contributed by atoms with Crippen molar-refractivity contribution >= 4 is 34.6 Å². The SMILES string of the molecule is CSc1ncc(-c2c(N=C=O)[nH]c3ccccc23)n1C. The Morgan fingerprint density at radius 1 is 1.40 bits per heavy atom. The van der Waals surface area contributed by atoms with Crippen molar-refractivity contribution in [3.05, 3.63) is 30.5 Å². The summed E-state index contributed by atoms with van der Waals surface area (Å²) in [6, 6.07) is 7.85. The third-order valence-corrected chi connectivity index (χ3v) is 3.97. The molecule has 1 N–H and O–H groups in total. The largest absolute Gasteiger partial charge is 0.338 e. The molecule has 0 aliphatic carbocycles. The van der Waals surface area contributed by atoms with Crippen LogP contribution in [0.15, 0.2) is 40.6 Å². The van der Waals surface area contributed by atoms with E-state index in [2.05, 4.69) is 15.0 Å². The summed E-state index contributed by atoms with van der Waals surface area (Å²) in [6.07, 6.45) is 5.38. The Hall–Kier alpha value is -2.30. The molecule has 0 fully saturated rings. The lowest BCUT2D eigenvalue weighted by Crippen LogP contribution is -1.93. The van der Waals surface area contributed by atoms with Gasteiger partial charge in [-0.3, -0.25) is 0 Å². The van der Waals surface area contributed by atoms with Gasteiger partial charge in [0.1, 0.15) is 0 Å². The number of nitrogens with one attached hydrogen (secondary N) is 1. The van der Waals surface area contributed by atoms with E-state index in [1.54, 1.807) is 24.0 Å². The van der Waals surface area contributed by atoms with Crippen molar-refractivity contribution in [2.24, 2.45) is 12.0 Å². The molecule has 3 rings (SSSR count). The fourth-order valence-corrected chi connectivity index (χ4v) is 2.86. The van der Waals surface area contributed by atoms with E-state index in [9.17, 15) is 4.79 Å². The number of aromatic amines is 1. The summed E-state index contributed by atoms with van der Waals surface area (Å²) in [6.45, 7) is 0. The number of hydrogen-bond acceptors (Lipinski definition) is 4. The molecule has 0 spiro atoms. The highest BCUT2D eigenvalue weighted by molar-refractivity contribution is 7.98. The molecule has 0 aliphatic heterocycles. The van der Waals surface area contributed by atoms with E-state index in [0.717, 1.165) is 27.3 Å². The predicted octanol–water partition coefficient (Wildman–Crippen LogP) is 3.26. The van der Waals surface area contributed by atoms with Gasteiger partial charge in [-0.2, -0.15) is 0 Å². The number of benzene rings is 1. The van der Waals surface area contributed by atoms with Crippen molar-refractivity contribution in [2.45, 2.75) is 5.16 Å². The van der Waals surface area contributed by atoms with Crippen LogP contribution in [0.2, 0.25) is 0 Å². The fourth-order valence-electron chi connectivity index (χ4n) is 2.33. The predicted molar refractivity (Wildman–Crippen MR) is 80.1 cm³/mol. The zero-order valence-corrected chi connectivity index (χ0v) is 11.9. The lowest BCUT2D eigenvalue weighted by Gasteiger charge is -2.04. The number of carbonyl (C=O) groups excluding carboxylic acids is 1. The number of aliphatic imine (C=N–C) groups is 1. The quantitative estimate of drug-likeness (QED) is 0.456. The second-order valence-corrected chi connectivity index (χ2v) is 5.06. The first-order valence-corrected chi connectivity index (χ1v) is 7.23. The molecule has 100 valence electrons. The average Bonchev–Trinajstić information content (AvgIpc) is 2.99. The Kier molecular flexibility index (Phi) is 3.18. The number of hydrogen-bond donors (Lipinski definition) is 1. The van der Waals surface area contributed by atoms with Crippen molar-refractivity contribution in [2.75, 3.05) is 6.26 Å².